The maximum absolute atomic E-state index is 6.22. The van der Waals surface area contributed by atoms with Crippen molar-refractivity contribution in [2.24, 2.45) is 0 Å². The van der Waals surface area contributed by atoms with Crippen molar-refractivity contribution in [3.8, 4) is 0 Å². The van der Waals surface area contributed by atoms with E-state index in [2.05, 4.69) is 34.1 Å². The molecule has 0 unspecified atom stereocenters. The molecular formula is C17H16ClN3. The Morgan fingerprint density at radius 3 is 2.90 bits per heavy atom. The highest BCUT2D eigenvalue weighted by molar-refractivity contribution is 6.31. The fourth-order valence-corrected chi connectivity index (χ4v) is 3.30. The first-order valence-electron chi connectivity index (χ1n) is 7.23. The van der Waals surface area contributed by atoms with Gasteiger partial charge < -0.3 is 9.88 Å². The van der Waals surface area contributed by atoms with Gasteiger partial charge in [-0.05, 0) is 23.3 Å². The molecule has 0 aliphatic carbocycles. The highest BCUT2D eigenvalue weighted by Gasteiger charge is 2.17. The second-order valence-corrected chi connectivity index (χ2v) is 5.89. The minimum Gasteiger partial charge on any atom is -0.326 e. The standard InChI is InChI=1S/C17H16ClN3/c18-14-9-13-11-19-6-7-21-16(20-15(10-14)17(13)21)8-12-4-2-1-3-5-12/h1-5,9-10,19H,6-8,11H2. The molecule has 106 valence electrons. The topological polar surface area (TPSA) is 29.9 Å². The molecule has 4 heteroatoms. The van der Waals surface area contributed by atoms with Crippen molar-refractivity contribution >= 4 is 22.6 Å². The van der Waals surface area contributed by atoms with Crippen molar-refractivity contribution in [1.82, 2.24) is 14.9 Å². The van der Waals surface area contributed by atoms with Gasteiger partial charge in [-0.1, -0.05) is 41.9 Å². The van der Waals surface area contributed by atoms with Crippen LogP contribution in [0.1, 0.15) is 17.0 Å². The van der Waals surface area contributed by atoms with Gasteiger partial charge in [-0.15, -0.1) is 0 Å². The van der Waals surface area contributed by atoms with E-state index in [9.17, 15) is 0 Å². The van der Waals surface area contributed by atoms with E-state index in [1.54, 1.807) is 0 Å². The molecule has 3 nitrogen and oxygen atoms in total. The molecule has 0 saturated heterocycles. The van der Waals surface area contributed by atoms with Crippen LogP contribution in [0.15, 0.2) is 42.5 Å². The summed E-state index contributed by atoms with van der Waals surface area (Å²) in [5.74, 6) is 1.11. The van der Waals surface area contributed by atoms with E-state index in [-0.39, 0.29) is 0 Å². The average molecular weight is 298 g/mol. The summed E-state index contributed by atoms with van der Waals surface area (Å²) in [7, 11) is 0. The Hall–Kier alpha value is -1.84. The number of nitrogens with one attached hydrogen (secondary N) is 1. The van der Waals surface area contributed by atoms with Crippen LogP contribution in [0.5, 0.6) is 0 Å². The second kappa shape index (κ2) is 5.17. The molecule has 0 spiro atoms. The van der Waals surface area contributed by atoms with E-state index in [0.717, 1.165) is 42.4 Å². The van der Waals surface area contributed by atoms with Gasteiger partial charge in [0.15, 0.2) is 0 Å². The molecular weight excluding hydrogens is 282 g/mol. The van der Waals surface area contributed by atoms with Gasteiger partial charge in [0.1, 0.15) is 5.82 Å². The van der Waals surface area contributed by atoms with Crippen LogP contribution in [-0.4, -0.2) is 16.1 Å². The molecule has 1 aliphatic heterocycles. The van der Waals surface area contributed by atoms with Crippen LogP contribution in [0, 0.1) is 0 Å². The molecule has 3 aromatic rings. The number of nitrogens with zero attached hydrogens (tertiary/aromatic N) is 2. The molecule has 1 N–H and O–H groups in total. The summed E-state index contributed by atoms with van der Waals surface area (Å²) in [6.45, 7) is 2.76. The summed E-state index contributed by atoms with van der Waals surface area (Å²) >= 11 is 6.22. The third-order valence-corrected chi connectivity index (χ3v) is 4.22. The van der Waals surface area contributed by atoms with Crippen LogP contribution in [-0.2, 0) is 19.5 Å². The maximum Gasteiger partial charge on any atom is 0.114 e. The molecule has 0 radical (unpaired) electrons. The molecule has 1 aromatic heterocycles. The van der Waals surface area contributed by atoms with Crippen LogP contribution in [0.2, 0.25) is 5.02 Å². The van der Waals surface area contributed by atoms with E-state index in [4.69, 9.17) is 16.6 Å². The van der Waals surface area contributed by atoms with Crippen molar-refractivity contribution in [1.29, 1.82) is 0 Å². The highest BCUT2D eigenvalue weighted by Crippen LogP contribution is 2.27. The van der Waals surface area contributed by atoms with Crippen LogP contribution >= 0.6 is 11.6 Å². The lowest BCUT2D eigenvalue weighted by Gasteiger charge is -2.07. The number of aromatic nitrogens is 2. The van der Waals surface area contributed by atoms with Crippen molar-refractivity contribution < 1.29 is 0 Å². The highest BCUT2D eigenvalue weighted by atomic mass is 35.5. The monoisotopic (exact) mass is 297 g/mol. The summed E-state index contributed by atoms with van der Waals surface area (Å²) in [4.78, 5) is 4.83. The predicted octanol–water partition coefficient (Wildman–Crippen LogP) is 3.38. The normalized spacial score (nSPS) is 14.3. The quantitative estimate of drug-likeness (QED) is 0.786. The summed E-state index contributed by atoms with van der Waals surface area (Å²) in [5, 5.41) is 4.21. The summed E-state index contributed by atoms with van der Waals surface area (Å²) < 4.78 is 2.34. The Balaban J connectivity index is 1.87. The van der Waals surface area contributed by atoms with E-state index in [1.807, 2.05) is 18.2 Å². The Morgan fingerprint density at radius 2 is 2.05 bits per heavy atom. The number of benzene rings is 2. The molecule has 0 amide bonds. The molecule has 2 heterocycles. The summed E-state index contributed by atoms with van der Waals surface area (Å²) in [5.41, 5.74) is 4.76. The molecule has 0 bridgehead atoms. The third kappa shape index (κ3) is 2.33. The second-order valence-electron chi connectivity index (χ2n) is 5.45. The van der Waals surface area contributed by atoms with Gasteiger partial charge in [-0.2, -0.15) is 0 Å². The smallest absolute Gasteiger partial charge is 0.114 e. The van der Waals surface area contributed by atoms with E-state index in [0.29, 0.717) is 0 Å². The first kappa shape index (κ1) is 12.9. The van der Waals surface area contributed by atoms with Gasteiger partial charge in [0, 0.05) is 31.1 Å². The zero-order valence-corrected chi connectivity index (χ0v) is 12.4. The molecule has 0 saturated carbocycles. The van der Waals surface area contributed by atoms with Crippen molar-refractivity contribution in [3.05, 3.63) is 64.4 Å². The lowest BCUT2D eigenvalue weighted by molar-refractivity contribution is 0.613. The Bertz CT molecular complexity index is 793. The predicted molar refractivity (Wildman–Crippen MR) is 85.7 cm³/mol. The average Bonchev–Trinajstić information content (AvgIpc) is 2.68. The van der Waals surface area contributed by atoms with Crippen LogP contribution < -0.4 is 5.32 Å². The zero-order chi connectivity index (χ0) is 14.2. The maximum atomic E-state index is 6.22. The fourth-order valence-electron chi connectivity index (χ4n) is 3.07. The number of halogens is 1. The minimum absolute atomic E-state index is 0.761. The summed E-state index contributed by atoms with van der Waals surface area (Å²) in [6.07, 6.45) is 0.854. The van der Waals surface area contributed by atoms with Crippen molar-refractivity contribution in [2.75, 3.05) is 6.54 Å². The third-order valence-electron chi connectivity index (χ3n) is 4.00. The Kier molecular flexibility index (Phi) is 3.17. The molecule has 21 heavy (non-hydrogen) atoms. The number of rotatable bonds is 2. The van der Waals surface area contributed by atoms with Crippen LogP contribution in [0.25, 0.3) is 11.0 Å². The molecule has 0 atom stereocenters. The molecule has 0 fully saturated rings. The van der Waals surface area contributed by atoms with E-state index in [1.165, 1.54) is 16.6 Å². The van der Waals surface area contributed by atoms with Gasteiger partial charge >= 0.3 is 0 Å². The van der Waals surface area contributed by atoms with Gasteiger partial charge in [-0.25, -0.2) is 4.98 Å². The number of hydrogen-bond donors (Lipinski definition) is 1. The zero-order valence-electron chi connectivity index (χ0n) is 11.6. The van der Waals surface area contributed by atoms with E-state index < -0.39 is 0 Å². The van der Waals surface area contributed by atoms with Crippen molar-refractivity contribution in [3.63, 3.8) is 0 Å². The van der Waals surface area contributed by atoms with Crippen LogP contribution in [0.4, 0.5) is 0 Å². The van der Waals surface area contributed by atoms with Gasteiger partial charge in [0.05, 0.1) is 11.0 Å². The SMILES string of the molecule is Clc1cc2c3c(c1)nc(Cc1ccccc1)n3CCNC2. The Labute approximate surface area is 128 Å². The van der Waals surface area contributed by atoms with E-state index >= 15 is 0 Å². The first-order valence-corrected chi connectivity index (χ1v) is 7.61. The first-order chi connectivity index (χ1) is 10.3. The van der Waals surface area contributed by atoms with Gasteiger partial charge in [-0.3, -0.25) is 0 Å². The van der Waals surface area contributed by atoms with Crippen LogP contribution in [0.3, 0.4) is 0 Å². The van der Waals surface area contributed by atoms with Gasteiger partial charge in [0.2, 0.25) is 0 Å². The lowest BCUT2D eigenvalue weighted by atomic mass is 10.1. The minimum atomic E-state index is 0.761. The van der Waals surface area contributed by atoms with Gasteiger partial charge in [0.25, 0.3) is 0 Å². The summed E-state index contributed by atoms with van der Waals surface area (Å²) in [6, 6.07) is 14.5. The van der Waals surface area contributed by atoms with Crippen molar-refractivity contribution in [2.45, 2.75) is 19.5 Å². The Morgan fingerprint density at radius 1 is 1.19 bits per heavy atom. The fraction of sp³-hybridized carbons (Fsp3) is 0.235. The molecule has 4 rings (SSSR count). The largest absolute Gasteiger partial charge is 0.326 e. The number of hydrogen-bond acceptors (Lipinski definition) is 2. The molecule has 2 aromatic carbocycles. The lowest BCUT2D eigenvalue weighted by Crippen LogP contribution is -2.16. The number of imidazole rings is 1. The molecule has 1 aliphatic rings.